The molecule has 10 heteroatoms. The number of carboxylic acids is 1. The summed E-state index contributed by atoms with van der Waals surface area (Å²) in [5.74, 6) is -0.538. The monoisotopic (exact) mass is 477 g/mol. The first-order chi connectivity index (χ1) is 16.3. The Balaban J connectivity index is 1.52. The van der Waals surface area contributed by atoms with Crippen molar-refractivity contribution in [3.8, 4) is 11.1 Å². The van der Waals surface area contributed by atoms with Crippen molar-refractivity contribution < 1.29 is 18.3 Å². The van der Waals surface area contributed by atoms with Gasteiger partial charge in [-0.05, 0) is 49.4 Å². The van der Waals surface area contributed by atoms with E-state index < -0.39 is 16.0 Å². The molecule has 3 N–H and O–H groups in total. The first kappa shape index (κ1) is 22.1. The predicted molar refractivity (Wildman–Crippen MR) is 128 cm³/mol. The van der Waals surface area contributed by atoms with Gasteiger partial charge in [0, 0.05) is 47.9 Å². The summed E-state index contributed by atoms with van der Waals surface area (Å²) in [6, 6.07) is 12.9. The van der Waals surface area contributed by atoms with Crippen LogP contribution in [0.2, 0.25) is 0 Å². The van der Waals surface area contributed by atoms with Crippen molar-refractivity contribution in [2.24, 2.45) is 0 Å². The zero-order valence-electron chi connectivity index (χ0n) is 18.7. The molecular formula is C24H23N5O4S. The van der Waals surface area contributed by atoms with Crippen molar-refractivity contribution in [3.05, 3.63) is 71.2 Å². The maximum Gasteiger partial charge on any atom is 0.339 e. The summed E-state index contributed by atoms with van der Waals surface area (Å²) < 4.78 is 26.8. The fourth-order valence-electron chi connectivity index (χ4n) is 4.34. The number of anilines is 1. The lowest BCUT2D eigenvalue weighted by molar-refractivity contribution is 0.0695. The summed E-state index contributed by atoms with van der Waals surface area (Å²) >= 11 is 0. The van der Waals surface area contributed by atoms with Crippen LogP contribution in [0.4, 0.5) is 5.95 Å². The SMILES string of the molecule is CNS(=O)(=O)c1cccc(-c2ccc3[nH]c4c(c3c2)CN(c2ncc(C(=O)O)c(C)n2)CC4)c1. The molecule has 3 heterocycles. The molecule has 0 bridgehead atoms. The van der Waals surface area contributed by atoms with Gasteiger partial charge in [-0.1, -0.05) is 18.2 Å². The van der Waals surface area contributed by atoms with E-state index in [-0.39, 0.29) is 10.5 Å². The van der Waals surface area contributed by atoms with Gasteiger partial charge in [-0.15, -0.1) is 0 Å². The van der Waals surface area contributed by atoms with Crippen LogP contribution < -0.4 is 9.62 Å². The Bertz CT molecular complexity index is 1540. The zero-order chi connectivity index (χ0) is 24.0. The van der Waals surface area contributed by atoms with Crippen LogP contribution in [-0.2, 0) is 23.0 Å². The van der Waals surface area contributed by atoms with E-state index >= 15 is 0 Å². The largest absolute Gasteiger partial charge is 0.478 e. The number of aromatic carboxylic acids is 1. The number of rotatable bonds is 5. The van der Waals surface area contributed by atoms with E-state index in [1.165, 1.54) is 13.2 Å². The predicted octanol–water partition coefficient (Wildman–Crippen LogP) is 3.10. The van der Waals surface area contributed by atoms with Crippen molar-refractivity contribution in [1.29, 1.82) is 0 Å². The molecule has 0 saturated carbocycles. The van der Waals surface area contributed by atoms with Gasteiger partial charge in [0.2, 0.25) is 16.0 Å². The fourth-order valence-corrected chi connectivity index (χ4v) is 5.12. The Kier molecular flexibility index (Phi) is 5.34. The molecule has 5 rings (SSSR count). The molecule has 1 aliphatic heterocycles. The minimum absolute atomic E-state index is 0.0979. The lowest BCUT2D eigenvalue weighted by Crippen LogP contribution is -2.31. The third-order valence-electron chi connectivity index (χ3n) is 6.20. The van der Waals surface area contributed by atoms with Crippen molar-refractivity contribution in [2.75, 3.05) is 18.5 Å². The molecule has 4 aromatic rings. The molecule has 0 fully saturated rings. The lowest BCUT2D eigenvalue weighted by Gasteiger charge is -2.27. The molecule has 0 aliphatic carbocycles. The number of H-pyrrole nitrogens is 1. The van der Waals surface area contributed by atoms with Gasteiger partial charge in [0.1, 0.15) is 0 Å². The molecule has 0 unspecified atom stereocenters. The number of hydrogen-bond donors (Lipinski definition) is 3. The Morgan fingerprint density at radius 1 is 1.18 bits per heavy atom. The molecule has 0 saturated heterocycles. The number of aryl methyl sites for hydroxylation is 1. The van der Waals surface area contributed by atoms with E-state index in [9.17, 15) is 18.3 Å². The van der Waals surface area contributed by atoms with E-state index in [4.69, 9.17) is 0 Å². The van der Waals surface area contributed by atoms with Crippen LogP contribution in [-0.4, -0.2) is 48.0 Å². The average molecular weight is 478 g/mol. The second kappa shape index (κ2) is 8.23. The molecule has 1 aliphatic rings. The highest BCUT2D eigenvalue weighted by Crippen LogP contribution is 2.33. The smallest absolute Gasteiger partial charge is 0.339 e. The van der Waals surface area contributed by atoms with Crippen molar-refractivity contribution >= 4 is 32.8 Å². The van der Waals surface area contributed by atoms with Gasteiger partial charge in [-0.2, -0.15) is 0 Å². The number of carboxylic acid groups (broad SMARTS) is 1. The fraction of sp³-hybridized carbons (Fsp3) is 0.208. The molecule has 174 valence electrons. The number of sulfonamides is 1. The summed E-state index contributed by atoms with van der Waals surface area (Å²) in [7, 11) is -2.14. The van der Waals surface area contributed by atoms with Crippen molar-refractivity contribution in [2.45, 2.75) is 24.8 Å². The van der Waals surface area contributed by atoms with E-state index in [1.807, 2.05) is 23.1 Å². The van der Waals surface area contributed by atoms with Gasteiger partial charge in [0.25, 0.3) is 0 Å². The Hall–Kier alpha value is -3.76. The normalized spacial score (nSPS) is 13.8. The van der Waals surface area contributed by atoms with Crippen molar-refractivity contribution in [3.63, 3.8) is 0 Å². The summed E-state index contributed by atoms with van der Waals surface area (Å²) in [6.45, 7) is 2.96. The van der Waals surface area contributed by atoms with Gasteiger partial charge in [0.05, 0.1) is 16.2 Å². The first-order valence-corrected chi connectivity index (χ1v) is 12.2. The second-order valence-corrected chi connectivity index (χ2v) is 10.1. The summed E-state index contributed by atoms with van der Waals surface area (Å²) in [5.41, 5.74) is 5.54. The molecule has 0 radical (unpaired) electrons. The van der Waals surface area contributed by atoms with Gasteiger partial charge in [0.15, 0.2) is 0 Å². The highest BCUT2D eigenvalue weighted by molar-refractivity contribution is 7.89. The highest BCUT2D eigenvalue weighted by atomic mass is 32.2. The number of aromatic amines is 1. The Morgan fingerprint density at radius 2 is 1.97 bits per heavy atom. The number of carbonyl (C=O) groups is 1. The van der Waals surface area contributed by atoms with Crippen molar-refractivity contribution in [1.82, 2.24) is 19.7 Å². The van der Waals surface area contributed by atoms with Crippen LogP contribution in [0.15, 0.2) is 53.6 Å². The van der Waals surface area contributed by atoms with Gasteiger partial charge < -0.3 is 15.0 Å². The highest BCUT2D eigenvalue weighted by Gasteiger charge is 2.24. The number of benzene rings is 2. The maximum absolute atomic E-state index is 12.2. The third kappa shape index (κ3) is 3.80. The van der Waals surface area contributed by atoms with Gasteiger partial charge >= 0.3 is 5.97 Å². The lowest BCUT2D eigenvalue weighted by atomic mass is 10.00. The molecular weight excluding hydrogens is 454 g/mol. The summed E-state index contributed by atoms with van der Waals surface area (Å²) in [5, 5.41) is 10.3. The Labute approximate surface area is 196 Å². The minimum atomic E-state index is -3.54. The van der Waals surface area contributed by atoms with Gasteiger partial charge in [-0.25, -0.2) is 27.9 Å². The van der Waals surface area contributed by atoms with Crippen LogP contribution >= 0.6 is 0 Å². The van der Waals surface area contributed by atoms with E-state index in [2.05, 4.69) is 25.7 Å². The van der Waals surface area contributed by atoms with Crippen LogP contribution in [0.5, 0.6) is 0 Å². The number of nitrogens with zero attached hydrogens (tertiary/aromatic N) is 3. The molecule has 0 atom stereocenters. The third-order valence-corrected chi connectivity index (χ3v) is 7.61. The number of hydrogen-bond acceptors (Lipinski definition) is 6. The maximum atomic E-state index is 12.2. The molecule has 2 aromatic heterocycles. The van der Waals surface area contributed by atoms with E-state index in [0.717, 1.165) is 39.7 Å². The van der Waals surface area contributed by atoms with E-state index in [0.29, 0.717) is 24.7 Å². The number of fused-ring (bicyclic) bond motifs is 3. The Morgan fingerprint density at radius 3 is 2.71 bits per heavy atom. The molecule has 0 amide bonds. The molecule has 2 aromatic carbocycles. The molecule has 9 nitrogen and oxygen atoms in total. The quantitative estimate of drug-likeness (QED) is 0.403. The first-order valence-electron chi connectivity index (χ1n) is 10.8. The van der Waals surface area contributed by atoms with Crippen LogP contribution in [0.3, 0.4) is 0 Å². The van der Waals surface area contributed by atoms with Gasteiger partial charge in [-0.3, -0.25) is 0 Å². The van der Waals surface area contributed by atoms with Crippen LogP contribution in [0.25, 0.3) is 22.0 Å². The summed E-state index contributed by atoms with van der Waals surface area (Å²) in [4.78, 5) is 25.8. The summed E-state index contributed by atoms with van der Waals surface area (Å²) in [6.07, 6.45) is 2.13. The van der Waals surface area contributed by atoms with E-state index in [1.54, 1.807) is 25.1 Å². The van der Waals surface area contributed by atoms with Crippen LogP contribution in [0, 0.1) is 6.92 Å². The topological polar surface area (TPSA) is 128 Å². The average Bonchev–Trinajstić information content (AvgIpc) is 3.21. The number of nitrogens with one attached hydrogen (secondary N) is 2. The minimum Gasteiger partial charge on any atom is -0.478 e. The standard InChI is InChI=1S/C24H23N5O4S/c1-14-19(23(30)31)12-26-24(27-14)29-9-8-22-20(13-29)18-11-16(6-7-21(18)28-22)15-4-3-5-17(10-15)34(32,33)25-2/h3-7,10-12,25,28H,8-9,13H2,1-2H3,(H,30,31). The zero-order valence-corrected chi connectivity index (χ0v) is 19.5. The second-order valence-electron chi connectivity index (χ2n) is 8.22. The van der Waals surface area contributed by atoms with Crippen LogP contribution in [0.1, 0.15) is 27.3 Å². The number of aromatic nitrogens is 3. The molecule has 0 spiro atoms. The molecule has 34 heavy (non-hydrogen) atoms.